The molecule has 0 atom stereocenters. The van der Waals surface area contributed by atoms with E-state index < -0.39 is 40.0 Å². The SMILES string of the molecule is Cc1cc(B2OC(C)(C)C(C)(C)O2)cc(S(=O)(=O)N2CCN(C(=O)OC(C)(C)C)CC2)c1. The van der Waals surface area contributed by atoms with Crippen molar-refractivity contribution in [3.63, 3.8) is 0 Å². The van der Waals surface area contributed by atoms with Gasteiger partial charge in [0.1, 0.15) is 5.60 Å². The molecular formula is C22H35BN2O6S. The molecule has 0 N–H and O–H groups in total. The minimum absolute atomic E-state index is 0.202. The first-order valence-corrected chi connectivity index (χ1v) is 12.4. The molecule has 0 spiro atoms. The Bertz CT molecular complexity index is 963. The predicted molar refractivity (Wildman–Crippen MR) is 123 cm³/mol. The first-order valence-electron chi connectivity index (χ1n) is 11.0. The Kier molecular flexibility index (Phi) is 6.49. The van der Waals surface area contributed by atoms with Crippen LogP contribution in [0.1, 0.15) is 54.0 Å². The van der Waals surface area contributed by atoms with Gasteiger partial charge >= 0.3 is 13.2 Å². The minimum atomic E-state index is -3.73. The number of carbonyl (C=O) groups excluding carboxylic acids is 1. The van der Waals surface area contributed by atoms with Gasteiger partial charge in [0.2, 0.25) is 10.0 Å². The van der Waals surface area contributed by atoms with Gasteiger partial charge < -0.3 is 18.9 Å². The summed E-state index contributed by atoms with van der Waals surface area (Å²) in [5.74, 6) is 0. The van der Waals surface area contributed by atoms with Crippen LogP contribution in [0.15, 0.2) is 23.1 Å². The normalized spacial score (nSPS) is 21.6. The Hall–Kier alpha value is -1.62. The third-order valence-electron chi connectivity index (χ3n) is 6.13. The lowest BCUT2D eigenvalue weighted by molar-refractivity contribution is 0.00578. The number of sulfonamides is 1. The maximum atomic E-state index is 13.4. The number of amides is 1. The van der Waals surface area contributed by atoms with E-state index in [4.69, 9.17) is 14.0 Å². The molecule has 10 heteroatoms. The van der Waals surface area contributed by atoms with Gasteiger partial charge in [0.15, 0.2) is 0 Å². The fourth-order valence-electron chi connectivity index (χ4n) is 3.63. The van der Waals surface area contributed by atoms with Crippen LogP contribution < -0.4 is 5.46 Å². The molecule has 0 radical (unpaired) electrons. The van der Waals surface area contributed by atoms with Gasteiger partial charge in [-0.3, -0.25) is 0 Å². The number of nitrogens with zero attached hydrogens (tertiary/aromatic N) is 2. The number of hydrogen-bond acceptors (Lipinski definition) is 6. The van der Waals surface area contributed by atoms with Gasteiger partial charge in [-0.25, -0.2) is 13.2 Å². The fraction of sp³-hybridized carbons (Fsp3) is 0.682. The largest absolute Gasteiger partial charge is 0.494 e. The molecule has 3 rings (SSSR count). The van der Waals surface area contributed by atoms with Crippen molar-refractivity contribution in [1.29, 1.82) is 0 Å². The fourth-order valence-corrected chi connectivity index (χ4v) is 5.19. The van der Waals surface area contributed by atoms with E-state index in [1.165, 1.54) is 4.31 Å². The summed E-state index contributed by atoms with van der Waals surface area (Å²) in [6.45, 7) is 16.1. The maximum absolute atomic E-state index is 13.4. The van der Waals surface area contributed by atoms with Crippen LogP contribution in [0.25, 0.3) is 0 Å². The molecule has 0 bridgehead atoms. The van der Waals surface area contributed by atoms with E-state index in [9.17, 15) is 13.2 Å². The lowest BCUT2D eigenvalue weighted by Crippen LogP contribution is -2.51. The van der Waals surface area contributed by atoms with Crippen LogP contribution in [-0.4, -0.2) is 73.8 Å². The molecule has 1 aromatic rings. The second-order valence-electron chi connectivity index (χ2n) is 10.5. The lowest BCUT2D eigenvalue weighted by Gasteiger charge is -2.35. The van der Waals surface area contributed by atoms with E-state index in [1.54, 1.807) is 37.8 Å². The van der Waals surface area contributed by atoms with Gasteiger partial charge in [0.05, 0.1) is 16.1 Å². The van der Waals surface area contributed by atoms with Crippen molar-refractivity contribution < 1.29 is 27.3 Å². The number of aryl methyl sites for hydroxylation is 1. The molecule has 2 fully saturated rings. The zero-order valence-electron chi connectivity index (χ0n) is 20.4. The summed E-state index contributed by atoms with van der Waals surface area (Å²) in [7, 11) is -4.38. The van der Waals surface area contributed by atoms with Gasteiger partial charge in [0.25, 0.3) is 0 Å². The summed E-state index contributed by atoms with van der Waals surface area (Å²) in [5.41, 5.74) is -0.138. The Morgan fingerprint density at radius 1 is 1.00 bits per heavy atom. The molecule has 0 unspecified atom stereocenters. The number of ether oxygens (including phenoxy) is 1. The van der Waals surface area contributed by atoms with Crippen LogP contribution in [0, 0.1) is 6.92 Å². The summed E-state index contributed by atoms with van der Waals surface area (Å²) in [6.07, 6.45) is -0.423. The molecule has 0 saturated carbocycles. The van der Waals surface area contributed by atoms with E-state index in [0.29, 0.717) is 5.46 Å². The molecule has 0 aliphatic carbocycles. The molecule has 0 aromatic heterocycles. The Morgan fingerprint density at radius 3 is 2.03 bits per heavy atom. The number of carbonyl (C=O) groups is 1. The zero-order chi connectivity index (χ0) is 24.1. The number of hydrogen-bond donors (Lipinski definition) is 0. The highest BCUT2D eigenvalue weighted by Crippen LogP contribution is 2.36. The lowest BCUT2D eigenvalue weighted by atomic mass is 9.78. The average molecular weight is 466 g/mol. The van der Waals surface area contributed by atoms with Crippen molar-refractivity contribution in [3.05, 3.63) is 23.8 Å². The molecule has 178 valence electrons. The van der Waals surface area contributed by atoms with Crippen LogP contribution in [0.5, 0.6) is 0 Å². The summed E-state index contributed by atoms with van der Waals surface area (Å²) in [6, 6.07) is 5.18. The van der Waals surface area contributed by atoms with Gasteiger partial charge in [0, 0.05) is 26.2 Å². The minimum Gasteiger partial charge on any atom is -0.444 e. The second-order valence-corrected chi connectivity index (χ2v) is 12.5. The van der Waals surface area contributed by atoms with Crippen LogP contribution in [0.3, 0.4) is 0 Å². The van der Waals surface area contributed by atoms with Gasteiger partial charge in [-0.15, -0.1) is 0 Å². The predicted octanol–water partition coefficient (Wildman–Crippen LogP) is 2.54. The van der Waals surface area contributed by atoms with Crippen molar-refractivity contribution in [1.82, 2.24) is 9.21 Å². The highest BCUT2D eigenvalue weighted by atomic mass is 32.2. The third-order valence-corrected chi connectivity index (χ3v) is 8.00. The molecule has 2 aliphatic heterocycles. The standard InChI is InChI=1S/C22H35BN2O6S/c1-16-13-17(23-30-21(5,6)22(7,8)31-23)15-18(14-16)32(27,28)25-11-9-24(10-12-25)19(26)29-20(2,3)4/h13-15H,9-12H2,1-8H3. The van der Waals surface area contributed by atoms with E-state index >= 15 is 0 Å². The highest BCUT2D eigenvalue weighted by Gasteiger charge is 2.52. The Balaban J connectivity index is 1.77. The van der Waals surface area contributed by atoms with Gasteiger partial charge in [-0.1, -0.05) is 11.6 Å². The van der Waals surface area contributed by atoms with E-state index in [2.05, 4.69) is 0 Å². The Morgan fingerprint density at radius 2 is 1.53 bits per heavy atom. The van der Waals surface area contributed by atoms with Crippen molar-refractivity contribution in [2.45, 2.75) is 77.1 Å². The third kappa shape index (κ3) is 5.14. The molecule has 8 nitrogen and oxygen atoms in total. The van der Waals surface area contributed by atoms with Crippen molar-refractivity contribution >= 4 is 28.7 Å². The summed E-state index contributed by atoms with van der Waals surface area (Å²) < 4.78 is 45.8. The molecule has 32 heavy (non-hydrogen) atoms. The van der Waals surface area contributed by atoms with Crippen LogP contribution in [-0.2, 0) is 24.1 Å². The van der Waals surface area contributed by atoms with E-state index in [0.717, 1.165) is 5.56 Å². The molecule has 2 aliphatic rings. The number of piperazine rings is 1. The summed E-state index contributed by atoms with van der Waals surface area (Å²) in [5, 5.41) is 0. The topological polar surface area (TPSA) is 85.4 Å². The van der Waals surface area contributed by atoms with Crippen molar-refractivity contribution in [2.24, 2.45) is 0 Å². The van der Waals surface area contributed by atoms with Gasteiger partial charge in [-0.2, -0.15) is 4.31 Å². The average Bonchev–Trinajstić information content (AvgIpc) is 2.87. The van der Waals surface area contributed by atoms with Crippen LogP contribution >= 0.6 is 0 Å². The smallest absolute Gasteiger partial charge is 0.444 e. The van der Waals surface area contributed by atoms with Crippen molar-refractivity contribution in [3.8, 4) is 0 Å². The van der Waals surface area contributed by atoms with E-state index in [-0.39, 0.29) is 31.1 Å². The number of benzene rings is 1. The number of rotatable bonds is 3. The van der Waals surface area contributed by atoms with Gasteiger partial charge in [-0.05, 0) is 73.0 Å². The second kappa shape index (κ2) is 8.31. The monoisotopic (exact) mass is 466 g/mol. The molecule has 1 amide bonds. The molecule has 2 heterocycles. The molecule has 2 saturated heterocycles. The zero-order valence-corrected chi connectivity index (χ0v) is 21.2. The maximum Gasteiger partial charge on any atom is 0.494 e. The van der Waals surface area contributed by atoms with Crippen molar-refractivity contribution in [2.75, 3.05) is 26.2 Å². The molecule has 1 aromatic carbocycles. The highest BCUT2D eigenvalue weighted by molar-refractivity contribution is 7.89. The first-order chi connectivity index (χ1) is 14.5. The van der Waals surface area contributed by atoms with Crippen LogP contribution in [0.4, 0.5) is 4.79 Å². The van der Waals surface area contributed by atoms with Crippen LogP contribution in [0.2, 0.25) is 0 Å². The Labute approximate surface area is 192 Å². The molecular weight excluding hydrogens is 431 g/mol. The first kappa shape index (κ1) is 25.0. The quantitative estimate of drug-likeness (QED) is 0.637. The summed E-state index contributed by atoms with van der Waals surface area (Å²) >= 11 is 0. The summed E-state index contributed by atoms with van der Waals surface area (Å²) in [4.78, 5) is 14.0. The van der Waals surface area contributed by atoms with E-state index in [1.807, 2.05) is 40.7 Å².